The Morgan fingerprint density at radius 1 is 1.44 bits per heavy atom. The molecule has 0 radical (unpaired) electrons. The van der Waals surface area contributed by atoms with Crippen molar-refractivity contribution < 1.29 is 23.1 Å². The Kier molecular flexibility index (Phi) is 3.98. The second kappa shape index (κ2) is 5.99. The lowest BCUT2D eigenvalue weighted by atomic mass is 10.0. The van der Waals surface area contributed by atoms with Gasteiger partial charge in [-0.25, -0.2) is 13.2 Å². The Morgan fingerprint density at radius 3 is 2.80 bits per heavy atom. The number of carboxylic acid groups (broad SMARTS) is 1. The number of amides is 1. The molecule has 0 unspecified atom stereocenters. The van der Waals surface area contributed by atoms with E-state index in [0.29, 0.717) is 5.69 Å². The van der Waals surface area contributed by atoms with E-state index < -0.39 is 38.5 Å². The van der Waals surface area contributed by atoms with Crippen LogP contribution in [0.15, 0.2) is 53.4 Å². The zero-order chi connectivity index (χ0) is 18.2. The summed E-state index contributed by atoms with van der Waals surface area (Å²) in [4.78, 5) is 28.7. The normalized spacial score (nSPS) is 23.3. The number of sulfone groups is 1. The zero-order valence-electron chi connectivity index (χ0n) is 12.7. The fraction of sp³-hybridized carbons (Fsp3) is 0.125. The minimum absolute atomic E-state index is 0.0271. The predicted octanol–water partition coefficient (Wildman–Crippen LogP) is 0.480. The minimum atomic E-state index is -3.84. The summed E-state index contributed by atoms with van der Waals surface area (Å²) in [5.74, 6) is -2.71. The van der Waals surface area contributed by atoms with Crippen LogP contribution in [0.4, 0.5) is 0 Å². The first-order valence-electron chi connectivity index (χ1n) is 7.07. The number of carbonyl (C=O) groups excluding carboxylic acids is 1. The van der Waals surface area contributed by atoms with Crippen molar-refractivity contribution in [1.29, 1.82) is 5.26 Å². The van der Waals surface area contributed by atoms with Gasteiger partial charge in [-0.3, -0.25) is 14.7 Å². The van der Waals surface area contributed by atoms with Crippen molar-refractivity contribution in [1.82, 2.24) is 9.88 Å². The van der Waals surface area contributed by atoms with Crippen LogP contribution in [0.3, 0.4) is 0 Å². The summed E-state index contributed by atoms with van der Waals surface area (Å²) in [6.07, 6.45) is 4.92. The number of carboxylic acids is 1. The Balaban J connectivity index is 2.12. The van der Waals surface area contributed by atoms with Gasteiger partial charge in [0.05, 0.1) is 23.1 Å². The largest absolute Gasteiger partial charge is 0.477 e. The van der Waals surface area contributed by atoms with Crippen molar-refractivity contribution in [3.63, 3.8) is 0 Å². The SMILES string of the molecule is N#C/C=C/C1=C(C(=O)O)N2C(=O)/C(=C/c3ccccn3)[C@H]2S(=O)(=O)C1. The van der Waals surface area contributed by atoms with Gasteiger partial charge in [-0.05, 0) is 29.9 Å². The Labute approximate surface area is 142 Å². The quantitative estimate of drug-likeness (QED) is 0.473. The van der Waals surface area contributed by atoms with Gasteiger partial charge in [0.2, 0.25) is 0 Å². The van der Waals surface area contributed by atoms with Crippen molar-refractivity contribution >= 4 is 27.8 Å². The van der Waals surface area contributed by atoms with Gasteiger partial charge < -0.3 is 5.11 Å². The number of allylic oxidation sites excluding steroid dienone is 2. The van der Waals surface area contributed by atoms with E-state index in [1.54, 1.807) is 24.3 Å². The highest BCUT2D eigenvalue weighted by Gasteiger charge is 2.56. The van der Waals surface area contributed by atoms with Crippen LogP contribution < -0.4 is 0 Å². The molecule has 3 rings (SSSR count). The van der Waals surface area contributed by atoms with E-state index in [4.69, 9.17) is 5.26 Å². The molecule has 126 valence electrons. The maximum absolute atomic E-state index is 12.5. The number of hydrogen-bond donors (Lipinski definition) is 1. The lowest BCUT2D eigenvalue weighted by Crippen LogP contribution is -2.62. The van der Waals surface area contributed by atoms with Gasteiger partial charge in [-0.2, -0.15) is 5.26 Å². The molecule has 25 heavy (non-hydrogen) atoms. The highest BCUT2D eigenvalue weighted by Crippen LogP contribution is 2.40. The number of hydrogen-bond acceptors (Lipinski definition) is 6. The smallest absolute Gasteiger partial charge is 0.352 e. The number of nitrogens with zero attached hydrogens (tertiary/aromatic N) is 3. The third-order valence-corrected chi connectivity index (χ3v) is 5.62. The average molecular weight is 357 g/mol. The molecule has 0 aromatic carbocycles. The summed E-state index contributed by atoms with van der Waals surface area (Å²) >= 11 is 0. The van der Waals surface area contributed by atoms with E-state index in [1.807, 2.05) is 0 Å². The summed E-state index contributed by atoms with van der Waals surface area (Å²) in [7, 11) is -3.84. The van der Waals surface area contributed by atoms with Gasteiger partial charge in [0.15, 0.2) is 15.2 Å². The van der Waals surface area contributed by atoms with Gasteiger partial charge in [-0.15, -0.1) is 0 Å². The van der Waals surface area contributed by atoms with Crippen LogP contribution in [0, 0.1) is 11.3 Å². The number of β-lactam (4-membered cyclic amide) rings is 1. The van der Waals surface area contributed by atoms with Crippen LogP contribution in [-0.4, -0.2) is 46.4 Å². The number of fused-ring (bicyclic) bond motifs is 1. The molecule has 1 atom stereocenters. The molecule has 1 aromatic rings. The summed E-state index contributed by atoms with van der Waals surface area (Å²) in [5, 5.41) is 16.6. The molecule has 1 fully saturated rings. The molecular weight excluding hydrogens is 346 g/mol. The van der Waals surface area contributed by atoms with Crippen LogP contribution >= 0.6 is 0 Å². The molecule has 1 saturated heterocycles. The second-order valence-corrected chi connectivity index (χ2v) is 7.39. The minimum Gasteiger partial charge on any atom is -0.477 e. The van der Waals surface area contributed by atoms with E-state index in [0.717, 1.165) is 17.1 Å². The van der Waals surface area contributed by atoms with Crippen molar-refractivity contribution in [2.24, 2.45) is 0 Å². The molecule has 0 aliphatic carbocycles. The fourth-order valence-corrected chi connectivity index (χ4v) is 4.68. The summed E-state index contributed by atoms with van der Waals surface area (Å²) in [6, 6.07) is 6.64. The van der Waals surface area contributed by atoms with E-state index >= 15 is 0 Å². The Hall–Kier alpha value is -3.25. The number of nitriles is 1. The third kappa shape index (κ3) is 2.72. The summed E-state index contributed by atoms with van der Waals surface area (Å²) < 4.78 is 25.1. The lowest BCUT2D eigenvalue weighted by molar-refractivity contribution is -0.141. The summed E-state index contributed by atoms with van der Waals surface area (Å²) in [6.45, 7) is 0. The van der Waals surface area contributed by atoms with Gasteiger partial charge in [-0.1, -0.05) is 6.07 Å². The van der Waals surface area contributed by atoms with Crippen molar-refractivity contribution in [2.75, 3.05) is 5.75 Å². The van der Waals surface area contributed by atoms with Gasteiger partial charge in [0.1, 0.15) is 5.70 Å². The van der Waals surface area contributed by atoms with Crippen LogP contribution in [0.25, 0.3) is 6.08 Å². The number of pyridine rings is 1. The second-order valence-electron chi connectivity index (χ2n) is 5.33. The first-order valence-corrected chi connectivity index (χ1v) is 8.78. The van der Waals surface area contributed by atoms with Crippen LogP contribution in [-0.2, 0) is 19.4 Å². The number of aliphatic carboxylic acids is 1. The molecule has 8 nitrogen and oxygen atoms in total. The first-order chi connectivity index (χ1) is 11.9. The molecular formula is C16H11N3O5S. The van der Waals surface area contributed by atoms with E-state index in [1.165, 1.54) is 12.3 Å². The molecule has 0 bridgehead atoms. The van der Waals surface area contributed by atoms with Crippen LogP contribution in [0.2, 0.25) is 0 Å². The monoisotopic (exact) mass is 357 g/mol. The lowest BCUT2D eigenvalue weighted by Gasteiger charge is -2.45. The molecule has 2 aliphatic rings. The maximum Gasteiger partial charge on any atom is 0.352 e. The molecule has 1 N–H and O–H groups in total. The van der Waals surface area contributed by atoms with Crippen LogP contribution in [0.5, 0.6) is 0 Å². The maximum atomic E-state index is 12.5. The van der Waals surface area contributed by atoms with Crippen molar-refractivity contribution in [3.8, 4) is 6.07 Å². The van der Waals surface area contributed by atoms with Crippen LogP contribution in [0.1, 0.15) is 5.69 Å². The van der Waals surface area contributed by atoms with Gasteiger partial charge in [0.25, 0.3) is 5.91 Å². The standard InChI is InChI=1S/C16H11N3O5S/c17-6-3-4-10-9-25(23,24)15-12(8-11-5-1-2-7-18-11)14(20)19(15)13(10)16(21)22/h1-5,7-8,15H,9H2,(H,21,22)/b4-3+,12-8-/t15-/m1/s1. The van der Waals surface area contributed by atoms with E-state index in [2.05, 4.69) is 4.98 Å². The zero-order valence-corrected chi connectivity index (χ0v) is 13.5. The predicted molar refractivity (Wildman–Crippen MR) is 86.0 cm³/mol. The number of carbonyl (C=O) groups is 2. The van der Waals surface area contributed by atoms with Crippen molar-refractivity contribution in [3.05, 3.63) is 59.1 Å². The van der Waals surface area contributed by atoms with Gasteiger partial charge in [0, 0.05) is 12.3 Å². The molecule has 9 heteroatoms. The van der Waals surface area contributed by atoms with Crippen molar-refractivity contribution in [2.45, 2.75) is 5.37 Å². The highest BCUT2D eigenvalue weighted by atomic mass is 32.2. The topological polar surface area (TPSA) is 128 Å². The molecule has 0 spiro atoms. The van der Waals surface area contributed by atoms with E-state index in [9.17, 15) is 23.1 Å². The van der Waals surface area contributed by atoms with Gasteiger partial charge >= 0.3 is 5.97 Å². The summed E-state index contributed by atoms with van der Waals surface area (Å²) in [5.41, 5.74) is -0.150. The molecule has 0 saturated carbocycles. The Bertz CT molecular complexity index is 1000. The third-order valence-electron chi connectivity index (χ3n) is 3.76. The fourth-order valence-electron chi connectivity index (χ4n) is 2.77. The Morgan fingerprint density at radius 2 is 2.20 bits per heavy atom. The first kappa shape index (κ1) is 16.6. The molecule has 3 heterocycles. The molecule has 2 aliphatic heterocycles. The highest BCUT2D eigenvalue weighted by molar-refractivity contribution is 7.92. The number of rotatable bonds is 3. The number of aromatic nitrogens is 1. The average Bonchev–Trinajstić information content (AvgIpc) is 2.57. The molecule has 1 aromatic heterocycles. The van der Waals surface area contributed by atoms with E-state index in [-0.39, 0.29) is 11.1 Å². The molecule has 1 amide bonds.